The van der Waals surface area contributed by atoms with Gasteiger partial charge in [-0.1, -0.05) is 0 Å². The number of hydrogen-bond donors (Lipinski definition) is 1. The number of carbonyl (C=O) groups excluding carboxylic acids is 2. The molecule has 0 spiro atoms. The molecule has 1 heterocycles. The topological polar surface area (TPSA) is 126 Å². The Balaban J connectivity index is 2.12. The van der Waals surface area contributed by atoms with Crippen molar-refractivity contribution in [3.05, 3.63) is 45.3 Å². The van der Waals surface area contributed by atoms with Crippen LogP contribution in [0.5, 0.6) is 5.75 Å². The molecule has 2 aromatic rings. The minimum absolute atomic E-state index is 0.0523. The summed E-state index contributed by atoms with van der Waals surface area (Å²) in [6, 6.07) is 3.74. The molecule has 0 saturated carbocycles. The normalized spacial score (nSPS) is 11.6. The van der Waals surface area contributed by atoms with Gasteiger partial charge in [-0.3, -0.25) is 19.6 Å². The molecule has 0 saturated heterocycles. The highest BCUT2D eigenvalue weighted by atomic mass is 16.6. The highest BCUT2D eigenvalue weighted by Gasteiger charge is 2.24. The van der Waals surface area contributed by atoms with E-state index >= 15 is 0 Å². The van der Waals surface area contributed by atoms with Crippen LogP contribution in [-0.2, 0) is 16.6 Å². The first-order valence-corrected chi connectivity index (χ1v) is 8.59. The fourth-order valence-electron chi connectivity index (χ4n) is 2.53. The largest absolute Gasteiger partial charge is 0.487 e. The van der Waals surface area contributed by atoms with Crippen molar-refractivity contribution in [1.29, 1.82) is 0 Å². The number of hydrogen-bond acceptors (Lipinski definition) is 7. The van der Waals surface area contributed by atoms with Crippen molar-refractivity contribution in [2.24, 2.45) is 7.05 Å². The maximum Gasteiger partial charge on any atom is 0.339 e. The molecule has 1 aromatic heterocycles. The molecule has 1 amide bonds. The zero-order valence-corrected chi connectivity index (χ0v) is 16.3. The minimum atomic E-state index is -1.11. The molecule has 0 fully saturated rings. The summed E-state index contributed by atoms with van der Waals surface area (Å²) in [6.45, 7) is 6.90. The average molecular weight is 390 g/mol. The number of nitrogens with one attached hydrogen (secondary N) is 1. The number of anilines is 1. The van der Waals surface area contributed by atoms with Crippen LogP contribution in [0.1, 0.15) is 35.6 Å². The van der Waals surface area contributed by atoms with Crippen molar-refractivity contribution in [1.82, 2.24) is 9.78 Å². The number of aromatic nitrogens is 2. The van der Waals surface area contributed by atoms with E-state index in [1.54, 1.807) is 32.5 Å². The summed E-state index contributed by atoms with van der Waals surface area (Å²) in [5.74, 6) is -1.33. The Morgan fingerprint density at radius 2 is 2.04 bits per heavy atom. The molecule has 0 aliphatic carbocycles. The Morgan fingerprint density at radius 3 is 2.57 bits per heavy atom. The lowest BCUT2D eigenvalue weighted by Gasteiger charge is -2.14. The van der Waals surface area contributed by atoms with E-state index in [-0.39, 0.29) is 23.6 Å². The second-order valence-corrected chi connectivity index (χ2v) is 6.08. The summed E-state index contributed by atoms with van der Waals surface area (Å²) >= 11 is 0. The van der Waals surface area contributed by atoms with Crippen LogP contribution in [0.15, 0.2) is 18.2 Å². The summed E-state index contributed by atoms with van der Waals surface area (Å²) in [4.78, 5) is 35.2. The average Bonchev–Trinajstić information content (AvgIpc) is 2.88. The van der Waals surface area contributed by atoms with E-state index in [2.05, 4.69) is 10.4 Å². The standard InChI is InChI=1S/C18H22N4O6/c1-6-27-15-8-7-13(9-14(15)22(25)26)18(24)28-12(4)17(23)19-16-10(2)20-21(5)11(16)3/h7-9,12H,6H2,1-5H3,(H,19,23)/t12-/m0/s1. The monoisotopic (exact) mass is 390 g/mol. The molecule has 10 heteroatoms. The summed E-state index contributed by atoms with van der Waals surface area (Å²) in [5.41, 5.74) is 1.53. The predicted molar refractivity (Wildman–Crippen MR) is 100 cm³/mol. The number of esters is 1. The van der Waals surface area contributed by atoms with E-state index in [1.807, 2.05) is 0 Å². The number of nitrogens with zero attached hydrogens (tertiary/aromatic N) is 3. The van der Waals surface area contributed by atoms with E-state index in [0.29, 0.717) is 11.4 Å². The molecule has 1 aromatic carbocycles. The van der Waals surface area contributed by atoms with Crippen LogP contribution in [0.2, 0.25) is 0 Å². The molecular weight excluding hydrogens is 368 g/mol. The summed E-state index contributed by atoms with van der Waals surface area (Å²) in [6.07, 6.45) is -1.11. The first-order valence-electron chi connectivity index (χ1n) is 8.59. The number of carbonyl (C=O) groups is 2. The van der Waals surface area contributed by atoms with E-state index in [1.165, 1.54) is 19.1 Å². The maximum absolute atomic E-state index is 12.4. The van der Waals surface area contributed by atoms with Gasteiger partial charge >= 0.3 is 11.7 Å². The van der Waals surface area contributed by atoms with Crippen molar-refractivity contribution in [2.45, 2.75) is 33.8 Å². The SMILES string of the molecule is CCOc1ccc(C(=O)O[C@@H](C)C(=O)Nc2c(C)nn(C)c2C)cc1[N+](=O)[O-]. The number of rotatable bonds is 7. The molecule has 150 valence electrons. The molecule has 10 nitrogen and oxygen atoms in total. The zero-order valence-electron chi connectivity index (χ0n) is 16.3. The van der Waals surface area contributed by atoms with Gasteiger partial charge in [0, 0.05) is 13.1 Å². The highest BCUT2D eigenvalue weighted by Crippen LogP contribution is 2.28. The van der Waals surface area contributed by atoms with Gasteiger partial charge in [0.05, 0.1) is 34.2 Å². The molecule has 0 aliphatic heterocycles. The second-order valence-electron chi connectivity index (χ2n) is 6.08. The van der Waals surface area contributed by atoms with E-state index in [0.717, 1.165) is 11.8 Å². The predicted octanol–water partition coefficient (Wildman–Crippen LogP) is 2.53. The number of aryl methyl sites for hydroxylation is 2. The third-order valence-corrected chi connectivity index (χ3v) is 4.10. The van der Waals surface area contributed by atoms with Crippen LogP contribution in [0.3, 0.4) is 0 Å². The van der Waals surface area contributed by atoms with Gasteiger partial charge in [0.15, 0.2) is 11.9 Å². The Labute approximate surface area is 161 Å². The number of nitro benzene ring substituents is 1. The van der Waals surface area contributed by atoms with Crippen LogP contribution in [0.4, 0.5) is 11.4 Å². The van der Waals surface area contributed by atoms with Gasteiger partial charge in [-0.15, -0.1) is 0 Å². The second kappa shape index (κ2) is 8.51. The highest BCUT2D eigenvalue weighted by molar-refractivity contribution is 5.98. The number of nitro groups is 1. The van der Waals surface area contributed by atoms with Crippen molar-refractivity contribution in [2.75, 3.05) is 11.9 Å². The lowest BCUT2D eigenvalue weighted by Crippen LogP contribution is -2.30. The molecule has 1 N–H and O–H groups in total. The fraction of sp³-hybridized carbons (Fsp3) is 0.389. The van der Waals surface area contributed by atoms with Crippen LogP contribution in [-0.4, -0.2) is 39.3 Å². The lowest BCUT2D eigenvalue weighted by molar-refractivity contribution is -0.385. The Kier molecular flexibility index (Phi) is 6.34. The maximum atomic E-state index is 12.4. The van der Waals surface area contributed by atoms with Crippen LogP contribution in [0, 0.1) is 24.0 Å². The quantitative estimate of drug-likeness (QED) is 0.437. The van der Waals surface area contributed by atoms with Crippen molar-refractivity contribution >= 4 is 23.3 Å². The summed E-state index contributed by atoms with van der Waals surface area (Å²) in [7, 11) is 1.75. The Bertz CT molecular complexity index is 921. The minimum Gasteiger partial charge on any atom is -0.487 e. The van der Waals surface area contributed by atoms with Crippen LogP contribution >= 0.6 is 0 Å². The smallest absolute Gasteiger partial charge is 0.339 e. The molecule has 0 radical (unpaired) electrons. The van der Waals surface area contributed by atoms with E-state index in [9.17, 15) is 19.7 Å². The number of amides is 1. The molecule has 2 rings (SSSR count). The Hall–Kier alpha value is -3.43. The van der Waals surface area contributed by atoms with E-state index < -0.39 is 22.9 Å². The fourth-order valence-corrected chi connectivity index (χ4v) is 2.53. The molecular formula is C18H22N4O6. The van der Waals surface area contributed by atoms with Gasteiger partial charge in [-0.2, -0.15) is 5.10 Å². The van der Waals surface area contributed by atoms with Crippen molar-refractivity contribution < 1.29 is 24.0 Å². The van der Waals surface area contributed by atoms with Gasteiger partial charge in [0.1, 0.15) is 0 Å². The first kappa shape index (κ1) is 20.9. The third kappa shape index (κ3) is 4.45. The third-order valence-electron chi connectivity index (χ3n) is 4.10. The summed E-state index contributed by atoms with van der Waals surface area (Å²) < 4.78 is 12.0. The molecule has 28 heavy (non-hydrogen) atoms. The van der Waals surface area contributed by atoms with E-state index in [4.69, 9.17) is 9.47 Å². The van der Waals surface area contributed by atoms with Crippen LogP contribution in [0.25, 0.3) is 0 Å². The van der Waals surface area contributed by atoms with Gasteiger partial charge in [-0.05, 0) is 39.8 Å². The number of benzene rings is 1. The first-order chi connectivity index (χ1) is 13.1. The van der Waals surface area contributed by atoms with Crippen molar-refractivity contribution in [3.63, 3.8) is 0 Å². The van der Waals surface area contributed by atoms with Crippen molar-refractivity contribution in [3.8, 4) is 5.75 Å². The lowest BCUT2D eigenvalue weighted by atomic mass is 10.2. The molecule has 0 bridgehead atoms. The molecule has 1 atom stereocenters. The summed E-state index contributed by atoms with van der Waals surface area (Å²) in [5, 5.41) is 18.1. The number of ether oxygens (including phenoxy) is 2. The van der Waals surface area contributed by atoms with Crippen LogP contribution < -0.4 is 10.1 Å². The van der Waals surface area contributed by atoms with Gasteiger partial charge in [-0.25, -0.2) is 4.79 Å². The molecule has 0 unspecified atom stereocenters. The van der Waals surface area contributed by atoms with Gasteiger partial charge in [0.25, 0.3) is 5.91 Å². The van der Waals surface area contributed by atoms with Gasteiger partial charge < -0.3 is 14.8 Å². The molecule has 0 aliphatic rings. The zero-order chi connectivity index (χ0) is 21.0. The Morgan fingerprint density at radius 1 is 1.36 bits per heavy atom. The van der Waals surface area contributed by atoms with Gasteiger partial charge in [0.2, 0.25) is 0 Å².